The molecule has 7 nitrogen and oxygen atoms in total. The number of nitrogens with one attached hydrogen (secondary N) is 1. The van der Waals surface area contributed by atoms with Gasteiger partial charge in [0, 0.05) is 17.5 Å². The van der Waals surface area contributed by atoms with Crippen LogP contribution in [0.4, 0.5) is 5.69 Å². The van der Waals surface area contributed by atoms with Crippen LogP contribution in [0.1, 0.15) is 10.4 Å². The molecule has 0 unspecified atom stereocenters. The molecule has 0 aliphatic heterocycles. The summed E-state index contributed by atoms with van der Waals surface area (Å²) in [6.45, 7) is 0. The number of carbonyl (C=O) groups is 1. The van der Waals surface area contributed by atoms with Gasteiger partial charge >= 0.3 is 5.97 Å². The molecule has 0 atom stereocenters. The van der Waals surface area contributed by atoms with Crippen LogP contribution in [0.15, 0.2) is 27.8 Å². The maximum absolute atomic E-state index is 12.4. The molecule has 2 aromatic rings. The summed E-state index contributed by atoms with van der Waals surface area (Å²) in [5.74, 6) is -0.731. The van der Waals surface area contributed by atoms with E-state index in [0.29, 0.717) is 0 Å². The molecule has 0 aliphatic carbocycles. The fourth-order valence-electron chi connectivity index (χ4n) is 1.70. The third-order valence-electron chi connectivity index (χ3n) is 2.81. The summed E-state index contributed by atoms with van der Waals surface area (Å²) in [4.78, 5) is 10.9. The molecule has 0 spiro atoms. The van der Waals surface area contributed by atoms with Gasteiger partial charge in [-0.1, -0.05) is 11.6 Å². The van der Waals surface area contributed by atoms with Crippen molar-refractivity contribution in [3.05, 3.63) is 34.2 Å². The average molecular weight is 378 g/mol. The van der Waals surface area contributed by atoms with E-state index in [-0.39, 0.29) is 32.0 Å². The SMILES string of the molecule is COc1cc(NS(=O)(=O)c2cc(C(=O)O)cs2)c(OC)cc1Cl. The minimum Gasteiger partial charge on any atom is -0.495 e. The summed E-state index contributed by atoms with van der Waals surface area (Å²) in [7, 11) is -1.21. The highest BCUT2D eigenvalue weighted by Crippen LogP contribution is 2.37. The summed E-state index contributed by atoms with van der Waals surface area (Å²) in [5.41, 5.74) is 0.0232. The van der Waals surface area contributed by atoms with Crippen molar-refractivity contribution in [2.75, 3.05) is 18.9 Å². The summed E-state index contributed by atoms with van der Waals surface area (Å²) < 4.78 is 37.1. The van der Waals surface area contributed by atoms with Crippen LogP contribution in [-0.4, -0.2) is 33.7 Å². The van der Waals surface area contributed by atoms with Gasteiger partial charge in [0.25, 0.3) is 10.0 Å². The van der Waals surface area contributed by atoms with E-state index >= 15 is 0 Å². The normalized spacial score (nSPS) is 11.1. The van der Waals surface area contributed by atoms with E-state index in [2.05, 4.69) is 4.72 Å². The first-order valence-electron chi connectivity index (χ1n) is 6.04. The van der Waals surface area contributed by atoms with Gasteiger partial charge in [0.15, 0.2) is 0 Å². The Kier molecular flexibility index (Phi) is 5.03. The van der Waals surface area contributed by atoms with Crippen molar-refractivity contribution in [1.29, 1.82) is 0 Å². The topological polar surface area (TPSA) is 102 Å². The molecule has 1 heterocycles. The number of hydrogen-bond acceptors (Lipinski definition) is 6. The predicted octanol–water partition coefficient (Wildman–Crippen LogP) is 2.92. The average Bonchev–Trinajstić information content (AvgIpc) is 2.99. The molecule has 10 heteroatoms. The van der Waals surface area contributed by atoms with Crippen molar-refractivity contribution in [3.8, 4) is 11.5 Å². The van der Waals surface area contributed by atoms with Crippen LogP contribution in [0.5, 0.6) is 11.5 Å². The van der Waals surface area contributed by atoms with E-state index in [1.807, 2.05) is 0 Å². The summed E-state index contributed by atoms with van der Waals surface area (Å²) >= 11 is 6.76. The summed E-state index contributed by atoms with van der Waals surface area (Å²) in [5, 5.41) is 10.4. The molecule has 0 fully saturated rings. The second kappa shape index (κ2) is 6.65. The number of carboxylic acid groups (broad SMARTS) is 1. The van der Waals surface area contributed by atoms with Gasteiger partial charge in [-0.05, 0) is 6.07 Å². The zero-order valence-corrected chi connectivity index (χ0v) is 14.4. The van der Waals surface area contributed by atoms with Gasteiger partial charge in [-0.15, -0.1) is 11.3 Å². The largest absolute Gasteiger partial charge is 0.495 e. The van der Waals surface area contributed by atoms with Crippen molar-refractivity contribution in [2.45, 2.75) is 4.21 Å². The number of carboxylic acids is 1. The van der Waals surface area contributed by atoms with Crippen LogP contribution in [0.3, 0.4) is 0 Å². The van der Waals surface area contributed by atoms with Crippen molar-refractivity contribution in [3.63, 3.8) is 0 Å². The van der Waals surface area contributed by atoms with Crippen LogP contribution < -0.4 is 14.2 Å². The van der Waals surface area contributed by atoms with Crippen LogP contribution in [0, 0.1) is 0 Å². The van der Waals surface area contributed by atoms with Gasteiger partial charge in [0.1, 0.15) is 15.7 Å². The highest BCUT2D eigenvalue weighted by Gasteiger charge is 2.21. The Morgan fingerprint density at radius 2 is 1.87 bits per heavy atom. The number of thiophene rings is 1. The maximum atomic E-state index is 12.4. The van der Waals surface area contributed by atoms with E-state index in [0.717, 1.165) is 17.4 Å². The van der Waals surface area contributed by atoms with E-state index in [4.69, 9.17) is 26.2 Å². The molecule has 0 amide bonds. The van der Waals surface area contributed by atoms with E-state index in [1.54, 1.807) is 0 Å². The molecule has 0 saturated heterocycles. The number of methoxy groups -OCH3 is 2. The lowest BCUT2D eigenvalue weighted by Gasteiger charge is -2.13. The number of sulfonamides is 1. The van der Waals surface area contributed by atoms with Gasteiger partial charge in [0.2, 0.25) is 0 Å². The lowest BCUT2D eigenvalue weighted by molar-refractivity contribution is 0.0697. The van der Waals surface area contributed by atoms with Crippen molar-refractivity contribution in [2.24, 2.45) is 0 Å². The van der Waals surface area contributed by atoms with Crippen molar-refractivity contribution < 1.29 is 27.8 Å². The molecule has 1 aromatic carbocycles. The Bertz CT molecular complexity index is 846. The molecule has 0 aliphatic rings. The lowest BCUT2D eigenvalue weighted by atomic mass is 10.3. The van der Waals surface area contributed by atoms with Crippen LogP contribution >= 0.6 is 22.9 Å². The lowest BCUT2D eigenvalue weighted by Crippen LogP contribution is -2.12. The van der Waals surface area contributed by atoms with E-state index < -0.39 is 16.0 Å². The quantitative estimate of drug-likeness (QED) is 0.802. The van der Waals surface area contributed by atoms with Gasteiger partial charge in [-0.25, -0.2) is 13.2 Å². The maximum Gasteiger partial charge on any atom is 0.336 e. The molecule has 2 rings (SSSR count). The van der Waals surface area contributed by atoms with Gasteiger partial charge < -0.3 is 14.6 Å². The summed E-state index contributed by atoms with van der Waals surface area (Å²) in [6, 6.07) is 3.87. The summed E-state index contributed by atoms with van der Waals surface area (Å²) in [6.07, 6.45) is 0. The number of ether oxygens (including phenoxy) is 2. The zero-order chi connectivity index (χ0) is 17.2. The fraction of sp³-hybridized carbons (Fsp3) is 0.154. The van der Waals surface area contributed by atoms with Gasteiger partial charge in [-0.3, -0.25) is 4.72 Å². The molecular weight excluding hydrogens is 366 g/mol. The molecule has 0 saturated carbocycles. The Hall–Kier alpha value is -1.97. The highest BCUT2D eigenvalue weighted by molar-refractivity contribution is 7.94. The van der Waals surface area contributed by atoms with Crippen LogP contribution in [0.2, 0.25) is 5.02 Å². The van der Waals surface area contributed by atoms with Crippen molar-refractivity contribution in [1.82, 2.24) is 0 Å². The molecule has 124 valence electrons. The smallest absolute Gasteiger partial charge is 0.336 e. The third-order valence-corrected chi connectivity index (χ3v) is 5.91. The first-order chi connectivity index (χ1) is 10.8. The Morgan fingerprint density at radius 1 is 1.22 bits per heavy atom. The molecule has 23 heavy (non-hydrogen) atoms. The molecule has 1 aromatic heterocycles. The highest BCUT2D eigenvalue weighted by atomic mass is 35.5. The second-order valence-electron chi connectivity index (χ2n) is 4.25. The Balaban J connectivity index is 2.41. The Labute approximate surface area is 141 Å². The van der Waals surface area contributed by atoms with Crippen LogP contribution in [0.25, 0.3) is 0 Å². The third kappa shape index (κ3) is 3.69. The monoisotopic (exact) mass is 377 g/mol. The number of rotatable bonds is 6. The first kappa shape index (κ1) is 17.4. The first-order valence-corrected chi connectivity index (χ1v) is 8.78. The fourth-order valence-corrected chi connectivity index (χ4v) is 4.15. The molecule has 0 bridgehead atoms. The van der Waals surface area contributed by atoms with Crippen LogP contribution in [-0.2, 0) is 10.0 Å². The molecule has 0 radical (unpaired) electrons. The standard InChI is InChI=1S/C13H12ClNO6S2/c1-20-10-5-9(11(21-2)4-8(10)14)15-23(18,19)12-3-7(6-22-12)13(16)17/h3-6,15H,1-2H3,(H,16,17). The number of benzene rings is 1. The number of aromatic carboxylic acids is 1. The molecule has 2 N–H and O–H groups in total. The zero-order valence-electron chi connectivity index (χ0n) is 12.0. The number of halogens is 1. The molecular formula is C13H12ClNO6S2. The van der Waals surface area contributed by atoms with Crippen molar-refractivity contribution >= 4 is 44.6 Å². The van der Waals surface area contributed by atoms with E-state index in [1.165, 1.54) is 31.7 Å². The number of hydrogen-bond donors (Lipinski definition) is 2. The predicted molar refractivity (Wildman–Crippen MR) is 86.6 cm³/mol. The second-order valence-corrected chi connectivity index (χ2v) is 7.48. The number of anilines is 1. The van der Waals surface area contributed by atoms with E-state index in [9.17, 15) is 13.2 Å². The van der Waals surface area contributed by atoms with Gasteiger partial charge in [-0.2, -0.15) is 0 Å². The minimum atomic E-state index is -3.97. The van der Waals surface area contributed by atoms with Gasteiger partial charge in [0.05, 0.1) is 30.5 Å². The minimum absolute atomic E-state index is 0.101. The Morgan fingerprint density at radius 3 is 2.39 bits per heavy atom.